The molecule has 1 unspecified atom stereocenters. The standard InChI is InChI=1S/C15H25N3O/c1-6-16-7-2-14(1)3-8-17-13-12(14)15(4-9-18-13)5-10-19-11-15/h16-18H,1-11H2. The highest BCUT2D eigenvalue weighted by atomic mass is 16.5. The highest BCUT2D eigenvalue weighted by Crippen LogP contribution is 2.55. The topological polar surface area (TPSA) is 45.3 Å². The van der Waals surface area contributed by atoms with Crippen LogP contribution in [0.25, 0.3) is 0 Å². The smallest absolute Gasteiger partial charge is 0.0990 e. The van der Waals surface area contributed by atoms with E-state index in [1.165, 1.54) is 51.0 Å². The van der Waals surface area contributed by atoms with Gasteiger partial charge in [-0.1, -0.05) is 0 Å². The molecule has 4 aliphatic heterocycles. The van der Waals surface area contributed by atoms with Crippen LogP contribution < -0.4 is 16.0 Å². The van der Waals surface area contributed by atoms with Gasteiger partial charge in [-0.25, -0.2) is 0 Å². The first kappa shape index (κ1) is 12.0. The van der Waals surface area contributed by atoms with E-state index in [0.717, 1.165) is 26.3 Å². The Hall–Kier alpha value is -0.740. The van der Waals surface area contributed by atoms with Crippen molar-refractivity contribution in [2.75, 3.05) is 39.4 Å². The molecule has 0 aromatic rings. The lowest BCUT2D eigenvalue weighted by molar-refractivity contribution is 0.110. The van der Waals surface area contributed by atoms with Gasteiger partial charge in [0.2, 0.25) is 0 Å². The molecular weight excluding hydrogens is 238 g/mol. The molecule has 4 heteroatoms. The molecule has 0 bridgehead atoms. The first-order chi connectivity index (χ1) is 9.35. The number of nitrogens with one attached hydrogen (secondary N) is 3. The Morgan fingerprint density at radius 3 is 2.16 bits per heavy atom. The minimum atomic E-state index is 0.339. The summed E-state index contributed by atoms with van der Waals surface area (Å²) < 4.78 is 5.82. The molecule has 4 aliphatic rings. The molecule has 19 heavy (non-hydrogen) atoms. The number of fused-ring (bicyclic) bond motifs is 2. The molecule has 2 spiro atoms. The summed E-state index contributed by atoms with van der Waals surface area (Å²) in [6, 6.07) is 0. The Kier molecular flexibility index (Phi) is 2.78. The van der Waals surface area contributed by atoms with Gasteiger partial charge in [0, 0.05) is 25.1 Å². The summed E-state index contributed by atoms with van der Waals surface area (Å²) in [5.41, 5.74) is 2.48. The van der Waals surface area contributed by atoms with Crippen LogP contribution in [0.2, 0.25) is 0 Å². The molecule has 0 aromatic heterocycles. The average Bonchev–Trinajstić information content (AvgIpc) is 2.89. The lowest BCUT2D eigenvalue weighted by Gasteiger charge is -2.52. The van der Waals surface area contributed by atoms with Crippen LogP contribution in [0.15, 0.2) is 11.4 Å². The van der Waals surface area contributed by atoms with Crippen molar-refractivity contribution in [3.8, 4) is 0 Å². The normalized spacial score (nSPS) is 37.1. The fraction of sp³-hybridized carbons (Fsp3) is 0.867. The molecule has 2 saturated heterocycles. The number of ether oxygens (including phenoxy) is 1. The van der Waals surface area contributed by atoms with E-state index >= 15 is 0 Å². The van der Waals surface area contributed by atoms with E-state index in [9.17, 15) is 0 Å². The molecule has 4 heterocycles. The first-order valence-electron chi connectivity index (χ1n) is 7.86. The summed E-state index contributed by atoms with van der Waals surface area (Å²) in [6.45, 7) is 6.48. The van der Waals surface area contributed by atoms with Crippen molar-refractivity contribution in [3.05, 3.63) is 11.4 Å². The zero-order valence-electron chi connectivity index (χ0n) is 11.7. The summed E-state index contributed by atoms with van der Waals surface area (Å²) in [5, 5.41) is 10.8. The summed E-state index contributed by atoms with van der Waals surface area (Å²) >= 11 is 0. The molecule has 0 aliphatic carbocycles. The number of rotatable bonds is 0. The largest absolute Gasteiger partial charge is 0.380 e. The zero-order valence-corrected chi connectivity index (χ0v) is 11.7. The Morgan fingerprint density at radius 1 is 0.789 bits per heavy atom. The van der Waals surface area contributed by atoms with E-state index in [0.29, 0.717) is 10.8 Å². The summed E-state index contributed by atoms with van der Waals surface area (Å²) in [7, 11) is 0. The van der Waals surface area contributed by atoms with E-state index in [-0.39, 0.29) is 0 Å². The van der Waals surface area contributed by atoms with Gasteiger partial charge >= 0.3 is 0 Å². The van der Waals surface area contributed by atoms with Crippen molar-refractivity contribution in [1.29, 1.82) is 0 Å². The highest BCUT2D eigenvalue weighted by Gasteiger charge is 2.52. The SMILES string of the molecule is C1CC2(CCN1)CCNC1=C2C2(CCN1)CCOC2. The van der Waals surface area contributed by atoms with Gasteiger partial charge < -0.3 is 20.7 Å². The third kappa shape index (κ3) is 1.73. The molecule has 0 radical (unpaired) electrons. The average molecular weight is 263 g/mol. The quantitative estimate of drug-likeness (QED) is 0.609. The predicted molar refractivity (Wildman–Crippen MR) is 74.7 cm³/mol. The van der Waals surface area contributed by atoms with Crippen molar-refractivity contribution < 1.29 is 4.74 Å². The van der Waals surface area contributed by atoms with Crippen molar-refractivity contribution in [3.63, 3.8) is 0 Å². The minimum absolute atomic E-state index is 0.339. The molecule has 0 amide bonds. The fourth-order valence-corrected chi connectivity index (χ4v) is 4.84. The molecule has 4 nitrogen and oxygen atoms in total. The van der Waals surface area contributed by atoms with E-state index in [1.54, 1.807) is 5.57 Å². The number of piperidine rings is 1. The van der Waals surface area contributed by atoms with Crippen LogP contribution >= 0.6 is 0 Å². The zero-order chi connectivity index (χ0) is 12.8. The third-order valence-corrected chi connectivity index (χ3v) is 5.79. The van der Waals surface area contributed by atoms with E-state index in [2.05, 4.69) is 16.0 Å². The van der Waals surface area contributed by atoms with E-state index < -0.39 is 0 Å². The molecule has 4 rings (SSSR count). The van der Waals surface area contributed by atoms with Gasteiger partial charge in [-0.2, -0.15) is 0 Å². The molecule has 106 valence electrons. The van der Waals surface area contributed by atoms with Crippen LogP contribution in [0.1, 0.15) is 32.1 Å². The second-order valence-electron chi connectivity index (χ2n) is 6.72. The van der Waals surface area contributed by atoms with Gasteiger partial charge in [0.15, 0.2) is 0 Å². The molecule has 3 N–H and O–H groups in total. The number of hydrogen-bond acceptors (Lipinski definition) is 4. The molecular formula is C15H25N3O. The maximum Gasteiger partial charge on any atom is 0.0990 e. The monoisotopic (exact) mass is 263 g/mol. The summed E-state index contributed by atoms with van der Waals surface area (Å²) in [4.78, 5) is 0. The Morgan fingerprint density at radius 2 is 1.47 bits per heavy atom. The van der Waals surface area contributed by atoms with Gasteiger partial charge in [0.25, 0.3) is 0 Å². The van der Waals surface area contributed by atoms with E-state index in [4.69, 9.17) is 4.74 Å². The number of hydrogen-bond donors (Lipinski definition) is 3. The lowest BCUT2D eigenvalue weighted by Crippen LogP contribution is -2.54. The van der Waals surface area contributed by atoms with Gasteiger partial charge in [0.05, 0.1) is 12.4 Å². The van der Waals surface area contributed by atoms with Crippen molar-refractivity contribution in [2.24, 2.45) is 10.8 Å². The maximum atomic E-state index is 5.82. The summed E-state index contributed by atoms with van der Waals surface area (Å²) in [5.74, 6) is 1.37. The Labute approximate surface area is 115 Å². The van der Waals surface area contributed by atoms with E-state index in [1.807, 2.05) is 0 Å². The maximum absolute atomic E-state index is 5.82. The van der Waals surface area contributed by atoms with Crippen LogP contribution in [0.4, 0.5) is 0 Å². The first-order valence-corrected chi connectivity index (χ1v) is 7.86. The summed E-state index contributed by atoms with van der Waals surface area (Å²) in [6.07, 6.45) is 6.39. The fourth-order valence-electron chi connectivity index (χ4n) is 4.84. The molecule has 0 saturated carbocycles. The van der Waals surface area contributed by atoms with Crippen LogP contribution in [0, 0.1) is 10.8 Å². The van der Waals surface area contributed by atoms with Gasteiger partial charge in [0.1, 0.15) is 0 Å². The van der Waals surface area contributed by atoms with Gasteiger partial charge in [-0.3, -0.25) is 0 Å². The second-order valence-corrected chi connectivity index (χ2v) is 6.72. The van der Waals surface area contributed by atoms with Crippen molar-refractivity contribution in [1.82, 2.24) is 16.0 Å². The van der Waals surface area contributed by atoms with Crippen LogP contribution in [-0.2, 0) is 4.74 Å². The minimum Gasteiger partial charge on any atom is -0.380 e. The van der Waals surface area contributed by atoms with Gasteiger partial charge in [-0.05, 0) is 56.2 Å². The molecule has 0 aromatic carbocycles. The Bertz CT molecular complexity index is 388. The third-order valence-electron chi connectivity index (χ3n) is 5.79. The van der Waals surface area contributed by atoms with Gasteiger partial charge in [-0.15, -0.1) is 0 Å². The second kappa shape index (κ2) is 4.38. The van der Waals surface area contributed by atoms with Crippen molar-refractivity contribution >= 4 is 0 Å². The van der Waals surface area contributed by atoms with Crippen LogP contribution in [-0.4, -0.2) is 39.4 Å². The van der Waals surface area contributed by atoms with Crippen LogP contribution in [0.5, 0.6) is 0 Å². The Balaban J connectivity index is 1.79. The predicted octanol–water partition coefficient (Wildman–Crippen LogP) is 0.961. The van der Waals surface area contributed by atoms with Crippen molar-refractivity contribution in [2.45, 2.75) is 32.1 Å². The molecule has 1 atom stereocenters. The lowest BCUT2D eigenvalue weighted by atomic mass is 9.58. The molecule has 2 fully saturated rings. The highest BCUT2D eigenvalue weighted by molar-refractivity contribution is 5.34. The van der Waals surface area contributed by atoms with Crippen LogP contribution in [0.3, 0.4) is 0 Å².